The summed E-state index contributed by atoms with van der Waals surface area (Å²) in [4.78, 5) is 12.4. The summed E-state index contributed by atoms with van der Waals surface area (Å²) in [5.74, 6) is 0. The molecule has 0 aliphatic carbocycles. The second kappa shape index (κ2) is 9.76. The Kier molecular flexibility index (Phi) is 6.63. The SMILES string of the molecule is O=c1cc(CNCCC2=CN=IN2Cc2ccccc2)ccn1-c1ccccc1. The van der Waals surface area contributed by atoms with Gasteiger partial charge in [-0.25, -0.2) is 3.15 Å². The number of halogens is 1. The zero-order valence-electron chi connectivity index (χ0n) is 16.0. The van der Waals surface area contributed by atoms with Crippen molar-refractivity contribution in [2.75, 3.05) is 6.54 Å². The van der Waals surface area contributed by atoms with Crippen LogP contribution in [0.2, 0.25) is 0 Å². The van der Waals surface area contributed by atoms with E-state index in [2.05, 4.69) is 35.8 Å². The molecule has 148 valence electrons. The molecule has 5 nitrogen and oxygen atoms in total. The van der Waals surface area contributed by atoms with Crippen LogP contribution in [0.25, 0.3) is 5.69 Å². The Morgan fingerprint density at radius 2 is 1.69 bits per heavy atom. The van der Waals surface area contributed by atoms with Gasteiger partial charge in [-0.2, -0.15) is 0 Å². The van der Waals surface area contributed by atoms with Crippen molar-refractivity contribution in [2.45, 2.75) is 19.5 Å². The van der Waals surface area contributed by atoms with Gasteiger partial charge in [0.15, 0.2) is 0 Å². The zero-order valence-corrected chi connectivity index (χ0v) is 18.2. The monoisotopic (exact) mass is 498 g/mol. The summed E-state index contributed by atoms with van der Waals surface area (Å²) >= 11 is -0.293. The summed E-state index contributed by atoms with van der Waals surface area (Å²) in [6.45, 7) is 2.47. The molecule has 2 heterocycles. The van der Waals surface area contributed by atoms with Crippen LogP contribution in [0.4, 0.5) is 0 Å². The molecule has 0 saturated heterocycles. The second-order valence-corrected chi connectivity index (χ2v) is 8.96. The molecule has 3 aromatic rings. The topological polar surface area (TPSA) is 49.6 Å². The fraction of sp³-hybridized carbons (Fsp3) is 0.174. The number of para-hydroxylation sites is 1. The Morgan fingerprint density at radius 3 is 2.45 bits per heavy atom. The number of hydrogen-bond acceptors (Lipinski definition) is 4. The van der Waals surface area contributed by atoms with E-state index in [1.54, 1.807) is 10.6 Å². The number of aromatic nitrogens is 1. The van der Waals surface area contributed by atoms with E-state index < -0.39 is 0 Å². The lowest BCUT2D eigenvalue weighted by molar-refractivity contribution is 0.560. The summed E-state index contributed by atoms with van der Waals surface area (Å²) in [6, 6.07) is 23.9. The number of nitrogens with zero attached hydrogens (tertiary/aromatic N) is 3. The highest BCUT2D eigenvalue weighted by Crippen LogP contribution is 2.29. The Balaban J connectivity index is 1.27. The second-order valence-electron chi connectivity index (χ2n) is 6.81. The molecule has 0 radical (unpaired) electrons. The molecule has 1 N–H and O–H groups in total. The third kappa shape index (κ3) is 5.27. The first kappa shape index (κ1) is 19.7. The molecule has 0 fully saturated rings. The molecule has 4 rings (SSSR count). The minimum Gasteiger partial charge on any atom is -0.312 e. The molecule has 1 aromatic heterocycles. The van der Waals surface area contributed by atoms with Crippen molar-refractivity contribution in [3.63, 3.8) is 0 Å². The summed E-state index contributed by atoms with van der Waals surface area (Å²) in [7, 11) is 0. The van der Waals surface area contributed by atoms with E-state index in [0.717, 1.165) is 30.8 Å². The lowest BCUT2D eigenvalue weighted by atomic mass is 10.2. The Hall–Kier alpha value is -2.58. The summed E-state index contributed by atoms with van der Waals surface area (Å²) in [6.07, 6.45) is 4.81. The van der Waals surface area contributed by atoms with Crippen LogP contribution >= 0.6 is 21.3 Å². The quantitative estimate of drug-likeness (QED) is 0.277. The Labute approximate surface area is 181 Å². The van der Waals surface area contributed by atoms with Crippen LogP contribution in [0.1, 0.15) is 17.5 Å². The number of hydrogen-bond donors (Lipinski definition) is 1. The minimum atomic E-state index is -0.293. The van der Waals surface area contributed by atoms with E-state index in [1.807, 2.05) is 54.9 Å². The van der Waals surface area contributed by atoms with Gasteiger partial charge < -0.3 is 8.43 Å². The van der Waals surface area contributed by atoms with E-state index in [0.29, 0.717) is 6.54 Å². The van der Waals surface area contributed by atoms with Crippen molar-refractivity contribution in [1.82, 2.24) is 13.0 Å². The third-order valence-corrected chi connectivity index (χ3v) is 6.72. The van der Waals surface area contributed by atoms with Crippen molar-refractivity contribution < 1.29 is 0 Å². The molecule has 0 unspecified atom stereocenters. The fourth-order valence-electron chi connectivity index (χ4n) is 3.18. The molecule has 0 spiro atoms. The lowest BCUT2D eigenvalue weighted by Gasteiger charge is -2.18. The van der Waals surface area contributed by atoms with Gasteiger partial charge in [0.05, 0.1) is 12.7 Å². The van der Waals surface area contributed by atoms with Crippen LogP contribution in [0.3, 0.4) is 0 Å². The van der Waals surface area contributed by atoms with Gasteiger partial charge in [-0.3, -0.25) is 9.36 Å². The van der Waals surface area contributed by atoms with Crippen LogP contribution in [0.15, 0.2) is 98.8 Å². The molecule has 0 saturated carbocycles. The molecule has 1 aliphatic rings. The normalized spacial score (nSPS) is 13.2. The summed E-state index contributed by atoms with van der Waals surface area (Å²) in [5, 5.41) is 3.45. The predicted octanol–water partition coefficient (Wildman–Crippen LogP) is 4.74. The van der Waals surface area contributed by atoms with Gasteiger partial charge in [-0.15, -0.1) is 0 Å². The molecule has 6 heteroatoms. The molecule has 29 heavy (non-hydrogen) atoms. The van der Waals surface area contributed by atoms with Gasteiger partial charge >= 0.3 is 0 Å². The number of rotatable bonds is 8. The standard InChI is InChI=1S/C23H23IN4O/c29-23-15-20(12-14-27(23)21-9-5-2-6-10-21)16-25-13-11-22-17-26-24-28(22)18-19-7-3-1-4-8-19/h1-10,12,14-15,17,25H,11,13,16,18H2. The van der Waals surface area contributed by atoms with Crippen LogP contribution in [0, 0.1) is 0 Å². The molecular weight excluding hydrogens is 475 g/mol. The maximum Gasteiger partial charge on any atom is 0.255 e. The van der Waals surface area contributed by atoms with E-state index >= 15 is 0 Å². The van der Waals surface area contributed by atoms with Crippen molar-refractivity contribution in [1.29, 1.82) is 0 Å². The lowest BCUT2D eigenvalue weighted by Crippen LogP contribution is -2.21. The van der Waals surface area contributed by atoms with Gasteiger partial charge in [-0.05, 0) is 29.3 Å². The largest absolute Gasteiger partial charge is 0.312 e. The first-order chi connectivity index (χ1) is 14.3. The smallest absolute Gasteiger partial charge is 0.255 e. The average molecular weight is 498 g/mol. The predicted molar refractivity (Wildman–Crippen MR) is 125 cm³/mol. The van der Waals surface area contributed by atoms with Crippen LogP contribution < -0.4 is 10.9 Å². The Morgan fingerprint density at radius 1 is 0.931 bits per heavy atom. The molecule has 0 bridgehead atoms. The van der Waals surface area contributed by atoms with E-state index in [-0.39, 0.29) is 26.9 Å². The first-order valence-electron chi connectivity index (χ1n) is 9.62. The molecular formula is C23H23IN4O. The fourth-order valence-corrected chi connectivity index (χ4v) is 5.12. The number of pyridine rings is 1. The molecule has 0 atom stereocenters. The van der Waals surface area contributed by atoms with Gasteiger partial charge in [0.25, 0.3) is 5.56 Å². The highest BCUT2D eigenvalue weighted by Gasteiger charge is 2.13. The maximum atomic E-state index is 12.4. The third-order valence-electron chi connectivity index (χ3n) is 4.71. The number of benzene rings is 2. The summed E-state index contributed by atoms with van der Waals surface area (Å²) in [5.41, 5.74) is 4.50. The van der Waals surface area contributed by atoms with Crippen LogP contribution in [0.5, 0.6) is 0 Å². The molecule has 1 aliphatic heterocycles. The van der Waals surface area contributed by atoms with Crippen molar-refractivity contribution in [3.05, 3.63) is 112 Å². The van der Waals surface area contributed by atoms with Gasteiger partial charge in [0.2, 0.25) is 0 Å². The first-order valence-corrected chi connectivity index (χ1v) is 11.6. The number of nitrogens with one attached hydrogen (secondary N) is 1. The van der Waals surface area contributed by atoms with Gasteiger partial charge in [-0.1, -0.05) is 48.5 Å². The van der Waals surface area contributed by atoms with Crippen molar-refractivity contribution in [2.24, 2.45) is 3.15 Å². The zero-order chi connectivity index (χ0) is 19.9. The van der Waals surface area contributed by atoms with E-state index in [1.165, 1.54) is 11.3 Å². The van der Waals surface area contributed by atoms with Crippen LogP contribution in [-0.4, -0.2) is 14.2 Å². The van der Waals surface area contributed by atoms with Crippen molar-refractivity contribution in [3.8, 4) is 5.69 Å². The molecule has 2 aromatic carbocycles. The van der Waals surface area contributed by atoms with E-state index in [9.17, 15) is 4.79 Å². The maximum absolute atomic E-state index is 12.4. The van der Waals surface area contributed by atoms with Crippen molar-refractivity contribution >= 4 is 21.3 Å². The average Bonchev–Trinajstić information content (AvgIpc) is 3.19. The molecule has 0 amide bonds. The van der Waals surface area contributed by atoms with Gasteiger partial charge in [0.1, 0.15) is 21.3 Å². The van der Waals surface area contributed by atoms with Gasteiger partial charge in [0, 0.05) is 43.2 Å². The highest BCUT2D eigenvalue weighted by atomic mass is 127. The van der Waals surface area contributed by atoms with Crippen LogP contribution in [-0.2, 0) is 13.1 Å². The summed E-state index contributed by atoms with van der Waals surface area (Å²) < 4.78 is 8.61. The highest BCUT2D eigenvalue weighted by molar-refractivity contribution is 14.1. The van der Waals surface area contributed by atoms with E-state index in [4.69, 9.17) is 0 Å². The minimum absolute atomic E-state index is 0.00779. The Bertz CT molecular complexity index is 1060.